The van der Waals surface area contributed by atoms with Gasteiger partial charge in [0, 0.05) is 24.8 Å². The summed E-state index contributed by atoms with van der Waals surface area (Å²) in [5.41, 5.74) is -1.02. The lowest BCUT2D eigenvalue weighted by Crippen LogP contribution is -2.41. The summed E-state index contributed by atoms with van der Waals surface area (Å²) in [5, 5.41) is 11.8. The monoisotopic (exact) mass is 497 g/mol. The summed E-state index contributed by atoms with van der Waals surface area (Å²) >= 11 is 0. The molecule has 2 amide bonds. The number of nitrogens with zero attached hydrogens (tertiary/aromatic N) is 2. The number of amides is 2. The molecule has 2 aromatic carbocycles. The van der Waals surface area contributed by atoms with Crippen molar-refractivity contribution in [2.75, 3.05) is 25.6 Å². The van der Waals surface area contributed by atoms with Crippen molar-refractivity contribution < 1.29 is 36.6 Å². The number of pyridine rings is 1. The number of ether oxygens (including phenoxy) is 1. The molecule has 0 saturated carbocycles. The molecule has 1 aromatic heterocycles. The van der Waals surface area contributed by atoms with E-state index in [9.17, 15) is 36.6 Å². The number of halogens is 5. The standard InChI is InChI=1S/C23H20F5N3O4/c1-30(23(34)29-11-2-3-15(24)14(6-11)21(27)28)18-9-35-10-19-20(18)12-7-16(25)17(26)8-13(12)22(33)31(19)4-5-32/h2-3,6-8,18,21,32H,4-5,9-10H2,1H3,(H,29,34)/t18-/m0/s1. The van der Waals surface area contributed by atoms with E-state index in [1.807, 2.05) is 0 Å². The van der Waals surface area contributed by atoms with E-state index in [1.54, 1.807) is 0 Å². The Morgan fingerprint density at radius 1 is 1.17 bits per heavy atom. The van der Waals surface area contributed by atoms with Gasteiger partial charge in [0.05, 0.1) is 42.5 Å². The number of likely N-dealkylation sites (N-methyl/N-ethyl adjacent to an activating group) is 1. The van der Waals surface area contributed by atoms with Gasteiger partial charge in [-0.1, -0.05) is 0 Å². The van der Waals surface area contributed by atoms with Crippen LogP contribution in [0.3, 0.4) is 0 Å². The molecular weight excluding hydrogens is 477 g/mol. The minimum absolute atomic E-state index is 0.0754. The number of aliphatic hydroxyl groups is 1. The van der Waals surface area contributed by atoms with Crippen LogP contribution < -0.4 is 10.9 Å². The van der Waals surface area contributed by atoms with Crippen LogP contribution in [0, 0.1) is 17.5 Å². The van der Waals surface area contributed by atoms with Crippen LogP contribution in [0.25, 0.3) is 10.8 Å². The fraction of sp³-hybridized carbons (Fsp3) is 0.304. The second kappa shape index (κ2) is 9.62. The summed E-state index contributed by atoms with van der Waals surface area (Å²) in [6.45, 7) is -0.719. The molecule has 1 atom stereocenters. The Labute approximate surface area is 195 Å². The number of hydrogen-bond donors (Lipinski definition) is 2. The molecule has 186 valence electrons. The summed E-state index contributed by atoms with van der Waals surface area (Å²) in [6.07, 6.45) is -3.09. The first kappa shape index (κ1) is 24.6. The Kier molecular flexibility index (Phi) is 6.77. The van der Waals surface area contributed by atoms with Crippen molar-refractivity contribution in [3.63, 3.8) is 0 Å². The summed E-state index contributed by atoms with van der Waals surface area (Å²) in [4.78, 5) is 27.1. The van der Waals surface area contributed by atoms with E-state index in [4.69, 9.17) is 4.74 Å². The van der Waals surface area contributed by atoms with Gasteiger partial charge in [0.2, 0.25) is 0 Å². The van der Waals surface area contributed by atoms with Gasteiger partial charge >= 0.3 is 6.03 Å². The SMILES string of the molecule is CN(C(=O)Nc1ccc(F)c(C(F)F)c1)[C@H]1COCc2c1c1cc(F)c(F)cc1c(=O)n2CCO. The molecule has 0 saturated heterocycles. The van der Waals surface area contributed by atoms with E-state index in [0.29, 0.717) is 5.56 Å². The highest BCUT2D eigenvalue weighted by molar-refractivity contribution is 5.91. The molecule has 3 aromatic rings. The van der Waals surface area contributed by atoms with Crippen molar-refractivity contribution in [2.24, 2.45) is 0 Å². The highest BCUT2D eigenvalue weighted by Crippen LogP contribution is 2.35. The number of anilines is 1. The molecule has 0 unspecified atom stereocenters. The predicted molar refractivity (Wildman–Crippen MR) is 116 cm³/mol. The quantitative estimate of drug-likeness (QED) is 0.521. The minimum Gasteiger partial charge on any atom is -0.395 e. The maximum absolute atomic E-state index is 14.2. The summed E-state index contributed by atoms with van der Waals surface area (Å²) < 4.78 is 74.5. The van der Waals surface area contributed by atoms with Gasteiger partial charge in [-0.15, -0.1) is 0 Å². The number of carbonyl (C=O) groups excluding carboxylic acids is 1. The number of fused-ring (bicyclic) bond motifs is 3. The van der Waals surface area contributed by atoms with E-state index in [-0.39, 0.29) is 41.9 Å². The normalized spacial score (nSPS) is 15.4. The van der Waals surface area contributed by atoms with Crippen LogP contribution in [0.5, 0.6) is 0 Å². The van der Waals surface area contributed by atoms with Crippen LogP contribution in [0.4, 0.5) is 32.4 Å². The van der Waals surface area contributed by atoms with Gasteiger partial charge in [0.25, 0.3) is 12.0 Å². The van der Waals surface area contributed by atoms with Crippen molar-refractivity contribution in [3.05, 3.63) is 75.0 Å². The predicted octanol–water partition coefficient (Wildman–Crippen LogP) is 4.08. The van der Waals surface area contributed by atoms with E-state index in [1.165, 1.54) is 11.6 Å². The number of hydrogen-bond acceptors (Lipinski definition) is 4. The van der Waals surface area contributed by atoms with Crippen molar-refractivity contribution >= 4 is 22.5 Å². The Morgan fingerprint density at radius 2 is 1.86 bits per heavy atom. The van der Waals surface area contributed by atoms with Gasteiger partial charge in [0.1, 0.15) is 5.82 Å². The number of urea groups is 1. The highest BCUT2D eigenvalue weighted by atomic mass is 19.3. The number of alkyl halides is 2. The third-order valence-corrected chi connectivity index (χ3v) is 5.90. The lowest BCUT2D eigenvalue weighted by atomic mass is 9.95. The smallest absolute Gasteiger partial charge is 0.322 e. The van der Waals surface area contributed by atoms with Crippen molar-refractivity contribution in [3.8, 4) is 0 Å². The maximum Gasteiger partial charge on any atom is 0.322 e. The lowest BCUT2D eigenvalue weighted by Gasteiger charge is -2.35. The number of aromatic nitrogens is 1. The lowest BCUT2D eigenvalue weighted by molar-refractivity contribution is 0.0493. The first-order valence-electron chi connectivity index (χ1n) is 10.5. The van der Waals surface area contributed by atoms with Crippen LogP contribution in [0.15, 0.2) is 35.1 Å². The van der Waals surface area contributed by atoms with E-state index < -0.39 is 53.7 Å². The molecule has 12 heteroatoms. The molecule has 0 spiro atoms. The molecule has 1 aliphatic rings. The van der Waals surface area contributed by atoms with Crippen molar-refractivity contribution in [2.45, 2.75) is 25.6 Å². The largest absolute Gasteiger partial charge is 0.395 e. The number of aliphatic hydroxyl groups excluding tert-OH is 1. The van der Waals surface area contributed by atoms with Crippen LogP contribution in [-0.4, -0.2) is 40.9 Å². The Hall–Kier alpha value is -3.51. The van der Waals surface area contributed by atoms with Crippen LogP contribution >= 0.6 is 0 Å². The third-order valence-electron chi connectivity index (χ3n) is 5.90. The first-order chi connectivity index (χ1) is 16.6. The van der Waals surface area contributed by atoms with Gasteiger partial charge in [-0.05, 0) is 35.7 Å². The number of nitrogens with one attached hydrogen (secondary N) is 1. The highest BCUT2D eigenvalue weighted by Gasteiger charge is 2.33. The molecule has 2 heterocycles. The molecule has 0 fully saturated rings. The van der Waals surface area contributed by atoms with Gasteiger partial charge < -0.3 is 24.6 Å². The zero-order chi connectivity index (χ0) is 25.4. The number of rotatable bonds is 5. The molecule has 35 heavy (non-hydrogen) atoms. The van der Waals surface area contributed by atoms with Crippen LogP contribution in [0.2, 0.25) is 0 Å². The van der Waals surface area contributed by atoms with Gasteiger partial charge in [-0.2, -0.15) is 0 Å². The van der Waals surface area contributed by atoms with Gasteiger partial charge in [0.15, 0.2) is 11.6 Å². The number of benzene rings is 2. The fourth-order valence-corrected chi connectivity index (χ4v) is 4.18. The zero-order valence-electron chi connectivity index (χ0n) is 18.3. The van der Waals surface area contributed by atoms with Crippen LogP contribution in [0.1, 0.15) is 29.3 Å². The second-order valence-electron chi connectivity index (χ2n) is 7.96. The summed E-state index contributed by atoms with van der Waals surface area (Å²) in [6, 6.07) is 2.68. The second-order valence-corrected chi connectivity index (χ2v) is 7.96. The molecule has 4 rings (SSSR count). The van der Waals surface area contributed by atoms with E-state index >= 15 is 0 Å². The Balaban J connectivity index is 1.78. The third kappa shape index (κ3) is 4.46. The molecule has 2 N–H and O–H groups in total. The maximum atomic E-state index is 14.2. The molecule has 0 radical (unpaired) electrons. The van der Waals surface area contributed by atoms with Crippen LogP contribution in [-0.2, 0) is 17.9 Å². The van der Waals surface area contributed by atoms with Gasteiger partial charge in [-0.25, -0.2) is 26.7 Å². The van der Waals surface area contributed by atoms with Crippen molar-refractivity contribution in [1.82, 2.24) is 9.47 Å². The minimum atomic E-state index is -3.09. The Morgan fingerprint density at radius 3 is 2.51 bits per heavy atom. The molecule has 1 aliphatic heterocycles. The van der Waals surface area contributed by atoms with E-state index in [2.05, 4.69) is 5.32 Å². The first-order valence-corrected chi connectivity index (χ1v) is 10.5. The van der Waals surface area contributed by atoms with Gasteiger partial charge in [-0.3, -0.25) is 4.79 Å². The summed E-state index contributed by atoms with van der Waals surface area (Å²) in [7, 11) is 1.36. The average molecular weight is 497 g/mol. The average Bonchev–Trinajstić information content (AvgIpc) is 2.83. The molecule has 0 bridgehead atoms. The zero-order valence-corrected chi connectivity index (χ0v) is 18.3. The Bertz CT molecular complexity index is 1360. The van der Waals surface area contributed by atoms with Crippen molar-refractivity contribution in [1.29, 1.82) is 0 Å². The fourth-order valence-electron chi connectivity index (χ4n) is 4.18. The molecular formula is C23H20F5N3O4. The molecule has 7 nitrogen and oxygen atoms in total. The van der Waals surface area contributed by atoms with E-state index in [0.717, 1.165) is 35.2 Å². The summed E-state index contributed by atoms with van der Waals surface area (Å²) in [5.74, 6) is -3.54. The topological polar surface area (TPSA) is 83.8 Å². The number of carbonyl (C=O) groups is 1. The molecule has 0 aliphatic carbocycles.